The molecule has 0 aliphatic rings. The first-order chi connectivity index (χ1) is 10.8. The quantitative estimate of drug-likeness (QED) is 0.821. The molecule has 2 aromatic rings. The van der Waals surface area contributed by atoms with Crippen LogP contribution in [0.3, 0.4) is 0 Å². The van der Waals surface area contributed by atoms with Gasteiger partial charge in [-0.2, -0.15) is 0 Å². The maximum Gasteiger partial charge on any atom is 0.267 e. The zero-order chi connectivity index (χ0) is 17.0. The van der Waals surface area contributed by atoms with Gasteiger partial charge in [0.1, 0.15) is 5.69 Å². The fourth-order valence-corrected chi connectivity index (χ4v) is 2.77. The van der Waals surface area contributed by atoms with Gasteiger partial charge >= 0.3 is 0 Å². The molecule has 0 saturated carbocycles. The van der Waals surface area contributed by atoms with E-state index in [2.05, 4.69) is 10.3 Å². The molecule has 2 rings (SSSR count). The lowest BCUT2D eigenvalue weighted by Crippen LogP contribution is -2.22. The molecule has 7 nitrogen and oxygen atoms in total. The van der Waals surface area contributed by atoms with Crippen molar-refractivity contribution in [1.82, 2.24) is 9.29 Å². The summed E-state index contributed by atoms with van der Waals surface area (Å²) in [5.74, 6) is -0.591. The van der Waals surface area contributed by atoms with E-state index in [1.807, 2.05) is 0 Å². The zero-order valence-corrected chi connectivity index (χ0v) is 13.7. The van der Waals surface area contributed by atoms with E-state index in [1.54, 1.807) is 36.4 Å². The van der Waals surface area contributed by atoms with Gasteiger partial charge in [0.25, 0.3) is 5.91 Å². The molecule has 0 saturated heterocycles. The third-order valence-corrected chi connectivity index (χ3v) is 5.04. The number of pyridine rings is 1. The van der Waals surface area contributed by atoms with E-state index in [4.69, 9.17) is 5.73 Å². The molecule has 0 spiro atoms. The molecule has 1 amide bonds. The van der Waals surface area contributed by atoms with Crippen molar-refractivity contribution < 1.29 is 13.2 Å². The maximum atomic E-state index is 12.0. The number of sulfonamides is 1. The van der Waals surface area contributed by atoms with E-state index in [0.717, 1.165) is 5.56 Å². The number of carbonyl (C=O) groups is 1. The zero-order valence-electron chi connectivity index (χ0n) is 12.9. The molecular weight excluding hydrogens is 316 g/mol. The first kappa shape index (κ1) is 16.9. The van der Waals surface area contributed by atoms with E-state index < -0.39 is 15.9 Å². The number of benzene rings is 1. The highest BCUT2D eigenvalue weighted by molar-refractivity contribution is 7.89. The number of nitrogens with one attached hydrogen (secondary N) is 1. The summed E-state index contributed by atoms with van der Waals surface area (Å²) in [5, 5.41) is 3.13. The number of nitrogens with two attached hydrogens (primary N) is 1. The van der Waals surface area contributed by atoms with Crippen LogP contribution in [0, 0.1) is 0 Å². The number of carbonyl (C=O) groups excluding carboxylic acids is 1. The summed E-state index contributed by atoms with van der Waals surface area (Å²) in [4.78, 5) is 15.2. The molecule has 0 radical (unpaired) electrons. The standard InChI is InChI=1S/C15H18N4O3S/c1-19(2)23(21,22)13-5-3-11(4-6-13)10-18-12-7-8-17-14(9-12)15(16)20/h3-9H,10H2,1-2H3,(H2,16,20)(H,17,18). The second kappa shape index (κ2) is 6.76. The van der Waals surface area contributed by atoms with Gasteiger partial charge in [-0.3, -0.25) is 9.78 Å². The van der Waals surface area contributed by atoms with Crippen LogP contribution in [0.5, 0.6) is 0 Å². The number of hydrogen-bond donors (Lipinski definition) is 2. The van der Waals surface area contributed by atoms with Gasteiger partial charge in [-0.25, -0.2) is 12.7 Å². The minimum absolute atomic E-state index is 0.183. The molecular formula is C15H18N4O3S. The van der Waals surface area contributed by atoms with Crippen LogP contribution in [0.4, 0.5) is 5.69 Å². The smallest absolute Gasteiger partial charge is 0.267 e. The highest BCUT2D eigenvalue weighted by Crippen LogP contribution is 2.15. The maximum absolute atomic E-state index is 12.0. The van der Waals surface area contributed by atoms with Crippen LogP contribution in [0.25, 0.3) is 0 Å². The number of anilines is 1. The second-order valence-electron chi connectivity index (χ2n) is 5.08. The molecule has 1 aromatic carbocycles. The Balaban J connectivity index is 2.08. The van der Waals surface area contributed by atoms with E-state index in [9.17, 15) is 13.2 Å². The summed E-state index contributed by atoms with van der Waals surface area (Å²) in [5.41, 5.74) is 6.97. The molecule has 0 bridgehead atoms. The molecule has 0 aliphatic heterocycles. The van der Waals surface area contributed by atoms with Gasteiger partial charge in [0, 0.05) is 32.5 Å². The van der Waals surface area contributed by atoms with Crippen LogP contribution in [-0.2, 0) is 16.6 Å². The van der Waals surface area contributed by atoms with E-state index >= 15 is 0 Å². The Morgan fingerprint density at radius 1 is 1.22 bits per heavy atom. The Bertz CT molecular complexity index is 802. The van der Waals surface area contributed by atoms with Crippen molar-refractivity contribution in [3.05, 3.63) is 53.9 Å². The monoisotopic (exact) mass is 334 g/mol. The molecule has 8 heteroatoms. The average molecular weight is 334 g/mol. The van der Waals surface area contributed by atoms with Crippen LogP contribution in [0.15, 0.2) is 47.5 Å². The van der Waals surface area contributed by atoms with Crippen LogP contribution in [0.2, 0.25) is 0 Å². The first-order valence-electron chi connectivity index (χ1n) is 6.82. The summed E-state index contributed by atoms with van der Waals surface area (Å²) in [6.45, 7) is 0.477. The summed E-state index contributed by atoms with van der Waals surface area (Å²) in [6.07, 6.45) is 1.50. The van der Waals surface area contributed by atoms with Crippen LogP contribution in [-0.4, -0.2) is 37.7 Å². The van der Waals surface area contributed by atoms with Crippen molar-refractivity contribution in [2.45, 2.75) is 11.4 Å². The van der Waals surface area contributed by atoms with Crippen molar-refractivity contribution in [2.75, 3.05) is 19.4 Å². The molecule has 1 heterocycles. The Morgan fingerprint density at radius 3 is 2.43 bits per heavy atom. The van der Waals surface area contributed by atoms with Gasteiger partial charge in [-0.15, -0.1) is 0 Å². The largest absolute Gasteiger partial charge is 0.381 e. The topological polar surface area (TPSA) is 105 Å². The molecule has 1 aromatic heterocycles. The van der Waals surface area contributed by atoms with Crippen molar-refractivity contribution in [2.24, 2.45) is 5.73 Å². The second-order valence-corrected chi connectivity index (χ2v) is 7.23. The fraction of sp³-hybridized carbons (Fsp3) is 0.200. The highest BCUT2D eigenvalue weighted by atomic mass is 32.2. The van der Waals surface area contributed by atoms with Crippen LogP contribution >= 0.6 is 0 Å². The fourth-order valence-electron chi connectivity index (χ4n) is 1.87. The Kier molecular flexibility index (Phi) is 4.97. The van der Waals surface area contributed by atoms with Crippen molar-refractivity contribution in [3.8, 4) is 0 Å². The number of primary amides is 1. The summed E-state index contributed by atoms with van der Waals surface area (Å²) in [7, 11) is -0.441. The number of rotatable bonds is 6. The highest BCUT2D eigenvalue weighted by Gasteiger charge is 2.16. The molecule has 0 atom stereocenters. The molecule has 0 aliphatic carbocycles. The summed E-state index contributed by atoms with van der Waals surface area (Å²) < 4.78 is 25.1. The molecule has 23 heavy (non-hydrogen) atoms. The van der Waals surface area contributed by atoms with Crippen molar-refractivity contribution in [1.29, 1.82) is 0 Å². The lowest BCUT2D eigenvalue weighted by molar-refractivity contribution is 0.0995. The van der Waals surface area contributed by atoms with Gasteiger partial charge in [0.05, 0.1) is 4.90 Å². The van der Waals surface area contributed by atoms with Gasteiger partial charge in [0.15, 0.2) is 0 Å². The predicted molar refractivity (Wildman–Crippen MR) is 87.4 cm³/mol. The number of nitrogens with zero attached hydrogens (tertiary/aromatic N) is 2. The molecule has 122 valence electrons. The lowest BCUT2D eigenvalue weighted by atomic mass is 10.2. The number of hydrogen-bond acceptors (Lipinski definition) is 5. The summed E-state index contributed by atoms with van der Waals surface area (Å²) >= 11 is 0. The van der Waals surface area contributed by atoms with Gasteiger partial charge in [-0.05, 0) is 29.8 Å². The predicted octanol–water partition coefficient (Wildman–Crippen LogP) is 1.04. The van der Waals surface area contributed by atoms with Crippen molar-refractivity contribution in [3.63, 3.8) is 0 Å². The third-order valence-electron chi connectivity index (χ3n) is 3.21. The number of aromatic nitrogens is 1. The Labute approximate surface area is 135 Å². The van der Waals surface area contributed by atoms with Crippen molar-refractivity contribution >= 4 is 21.6 Å². The van der Waals surface area contributed by atoms with Crippen LogP contribution in [0.1, 0.15) is 16.1 Å². The normalized spacial score (nSPS) is 11.4. The lowest BCUT2D eigenvalue weighted by Gasteiger charge is -2.12. The Hall–Kier alpha value is -2.45. The minimum atomic E-state index is -3.42. The molecule has 3 N–H and O–H groups in total. The van der Waals surface area contributed by atoms with Gasteiger partial charge in [-0.1, -0.05) is 12.1 Å². The van der Waals surface area contributed by atoms with Crippen LogP contribution < -0.4 is 11.1 Å². The van der Waals surface area contributed by atoms with Gasteiger partial charge < -0.3 is 11.1 Å². The molecule has 0 unspecified atom stereocenters. The average Bonchev–Trinajstić information content (AvgIpc) is 2.53. The third kappa shape index (κ3) is 4.05. The summed E-state index contributed by atoms with van der Waals surface area (Å²) in [6, 6.07) is 9.88. The number of amides is 1. The van der Waals surface area contributed by atoms with E-state index in [-0.39, 0.29) is 10.6 Å². The first-order valence-corrected chi connectivity index (χ1v) is 8.26. The van der Waals surface area contributed by atoms with Gasteiger partial charge in [0.2, 0.25) is 10.0 Å². The SMILES string of the molecule is CN(C)S(=O)(=O)c1ccc(CNc2ccnc(C(N)=O)c2)cc1. The minimum Gasteiger partial charge on any atom is -0.381 e. The van der Waals surface area contributed by atoms with E-state index in [1.165, 1.54) is 24.6 Å². The Morgan fingerprint density at radius 2 is 1.87 bits per heavy atom. The molecule has 0 fully saturated rings. The van der Waals surface area contributed by atoms with E-state index in [0.29, 0.717) is 12.2 Å².